The van der Waals surface area contributed by atoms with Crippen molar-refractivity contribution < 1.29 is 13.2 Å². The van der Waals surface area contributed by atoms with Crippen LogP contribution in [0.3, 0.4) is 0 Å². The van der Waals surface area contributed by atoms with Gasteiger partial charge >= 0.3 is 0 Å². The van der Waals surface area contributed by atoms with Crippen LogP contribution in [0.4, 0.5) is 0 Å². The van der Waals surface area contributed by atoms with Crippen molar-refractivity contribution in [2.75, 3.05) is 12.8 Å². The third kappa shape index (κ3) is 2.81. The molecule has 0 aliphatic heterocycles. The number of hydrogen-bond donors (Lipinski definition) is 1. The fraction of sp³-hybridized carbons (Fsp3) is 0.500. The molecule has 4 nitrogen and oxygen atoms in total. The molecule has 106 valence electrons. The fourth-order valence-electron chi connectivity index (χ4n) is 2.25. The third-order valence-electron chi connectivity index (χ3n) is 3.84. The van der Waals surface area contributed by atoms with Crippen molar-refractivity contribution in [2.24, 2.45) is 0 Å². The topological polar surface area (TPSA) is 63.2 Å². The number of nitrogens with one attached hydrogen (secondary N) is 1. The Labute approximate surface area is 115 Å². The van der Waals surface area contributed by atoms with Crippen molar-refractivity contribution in [2.45, 2.75) is 39.5 Å². The van der Waals surface area contributed by atoms with Gasteiger partial charge in [0, 0.05) is 7.05 Å². The summed E-state index contributed by atoms with van der Waals surface area (Å²) in [6.07, 6.45) is 0. The van der Waals surface area contributed by atoms with Gasteiger partial charge in [0.2, 0.25) is 5.91 Å². The van der Waals surface area contributed by atoms with E-state index in [4.69, 9.17) is 0 Å². The number of carbonyl (C=O) groups is 1. The lowest BCUT2D eigenvalue weighted by Crippen LogP contribution is -2.28. The maximum atomic E-state index is 12.4. The molecule has 1 rings (SSSR count). The summed E-state index contributed by atoms with van der Waals surface area (Å²) in [5, 5.41) is 2.35. The van der Waals surface area contributed by atoms with Gasteiger partial charge in [-0.3, -0.25) is 4.79 Å². The quantitative estimate of drug-likeness (QED) is 0.919. The van der Waals surface area contributed by atoms with Crippen LogP contribution in [0.15, 0.2) is 4.90 Å². The van der Waals surface area contributed by atoms with E-state index in [1.807, 2.05) is 20.8 Å². The molecule has 0 unspecified atom stereocenters. The normalized spacial score (nSPS) is 11.5. The first kappa shape index (κ1) is 15.7. The number of amides is 1. The Kier molecular flexibility index (Phi) is 4.40. The molecule has 0 bridgehead atoms. The SMILES string of the molecule is CNC(=O)CS(=O)(=O)c1c(C)c(C)c(C)c(C)c1C. The zero-order valence-corrected chi connectivity index (χ0v) is 13.2. The van der Waals surface area contributed by atoms with Gasteiger partial charge in [-0.1, -0.05) is 0 Å². The first-order chi connectivity index (χ1) is 8.63. The summed E-state index contributed by atoms with van der Waals surface area (Å²) in [5.74, 6) is -0.998. The molecule has 0 atom stereocenters. The molecule has 5 heteroatoms. The van der Waals surface area contributed by atoms with Crippen molar-refractivity contribution in [3.05, 3.63) is 27.8 Å². The van der Waals surface area contributed by atoms with Gasteiger partial charge in [0.15, 0.2) is 9.84 Å². The molecule has 1 aromatic carbocycles. The van der Waals surface area contributed by atoms with E-state index in [2.05, 4.69) is 5.32 Å². The Bertz CT molecular complexity index is 602. The standard InChI is InChI=1S/C14H21NO3S/c1-8-9(2)11(4)14(12(5)10(8)3)19(17,18)7-13(16)15-6/h7H2,1-6H3,(H,15,16). The second kappa shape index (κ2) is 5.33. The molecule has 0 fully saturated rings. The summed E-state index contributed by atoms with van der Waals surface area (Å²) in [4.78, 5) is 11.7. The summed E-state index contributed by atoms with van der Waals surface area (Å²) in [6, 6.07) is 0. The molecule has 0 heterocycles. The Morgan fingerprint density at radius 3 is 1.63 bits per heavy atom. The third-order valence-corrected chi connectivity index (χ3v) is 5.72. The summed E-state index contributed by atoms with van der Waals surface area (Å²) < 4.78 is 24.8. The van der Waals surface area contributed by atoms with E-state index in [-0.39, 0.29) is 0 Å². The summed E-state index contributed by atoms with van der Waals surface area (Å²) >= 11 is 0. The Hall–Kier alpha value is -1.36. The number of carbonyl (C=O) groups excluding carboxylic acids is 1. The predicted octanol–water partition coefficient (Wildman–Crippen LogP) is 1.75. The smallest absolute Gasteiger partial charge is 0.235 e. The summed E-state index contributed by atoms with van der Waals surface area (Å²) in [5.41, 5.74) is 4.53. The Balaban J connectivity index is 3.56. The highest BCUT2D eigenvalue weighted by atomic mass is 32.2. The Morgan fingerprint density at radius 1 is 0.895 bits per heavy atom. The molecule has 0 aromatic heterocycles. The van der Waals surface area contributed by atoms with Gasteiger partial charge in [-0.05, 0) is 62.4 Å². The fourth-order valence-corrected chi connectivity index (χ4v) is 4.12. The molecule has 0 saturated carbocycles. The van der Waals surface area contributed by atoms with Crippen LogP contribution in [0.5, 0.6) is 0 Å². The number of rotatable bonds is 3. The average molecular weight is 283 g/mol. The predicted molar refractivity (Wildman–Crippen MR) is 76.2 cm³/mol. The van der Waals surface area contributed by atoms with E-state index in [1.54, 1.807) is 13.8 Å². The van der Waals surface area contributed by atoms with Crippen molar-refractivity contribution in [3.8, 4) is 0 Å². The van der Waals surface area contributed by atoms with Crippen LogP contribution in [0.25, 0.3) is 0 Å². The summed E-state index contributed by atoms with van der Waals surface area (Å²) in [6.45, 7) is 9.41. The van der Waals surface area contributed by atoms with Crippen LogP contribution in [-0.4, -0.2) is 27.1 Å². The first-order valence-electron chi connectivity index (χ1n) is 6.13. The van der Waals surface area contributed by atoms with E-state index in [0.717, 1.165) is 27.8 Å². The van der Waals surface area contributed by atoms with Crippen LogP contribution in [0.2, 0.25) is 0 Å². The number of benzene rings is 1. The van der Waals surface area contributed by atoms with Gasteiger partial charge in [-0.15, -0.1) is 0 Å². The zero-order chi connectivity index (χ0) is 15.0. The summed E-state index contributed by atoms with van der Waals surface area (Å²) in [7, 11) is -2.17. The molecule has 0 aliphatic rings. The number of hydrogen-bond acceptors (Lipinski definition) is 3. The highest BCUT2D eigenvalue weighted by molar-refractivity contribution is 7.92. The zero-order valence-electron chi connectivity index (χ0n) is 12.3. The second-order valence-corrected chi connectivity index (χ2v) is 6.81. The minimum Gasteiger partial charge on any atom is -0.358 e. The molecule has 1 amide bonds. The van der Waals surface area contributed by atoms with Gasteiger partial charge in [-0.25, -0.2) is 8.42 Å². The van der Waals surface area contributed by atoms with Gasteiger partial charge < -0.3 is 5.32 Å². The number of sulfone groups is 1. The molecular weight excluding hydrogens is 262 g/mol. The van der Waals surface area contributed by atoms with Crippen molar-refractivity contribution in [1.29, 1.82) is 0 Å². The minimum absolute atomic E-state index is 0.303. The van der Waals surface area contributed by atoms with Crippen LogP contribution >= 0.6 is 0 Å². The van der Waals surface area contributed by atoms with E-state index in [0.29, 0.717) is 4.90 Å². The maximum Gasteiger partial charge on any atom is 0.235 e. The molecule has 0 radical (unpaired) electrons. The van der Waals surface area contributed by atoms with Gasteiger partial charge in [0.05, 0.1) is 4.90 Å². The molecule has 19 heavy (non-hydrogen) atoms. The lowest BCUT2D eigenvalue weighted by Gasteiger charge is -2.18. The maximum absolute atomic E-state index is 12.4. The van der Waals surface area contributed by atoms with Crippen molar-refractivity contribution in [1.82, 2.24) is 5.32 Å². The molecular formula is C14H21NO3S. The van der Waals surface area contributed by atoms with Crippen molar-refractivity contribution >= 4 is 15.7 Å². The molecule has 0 saturated heterocycles. The second-order valence-electron chi connectivity index (χ2n) is 4.89. The molecule has 1 aromatic rings. The van der Waals surface area contributed by atoms with E-state index < -0.39 is 21.5 Å². The van der Waals surface area contributed by atoms with Gasteiger partial charge in [-0.2, -0.15) is 0 Å². The van der Waals surface area contributed by atoms with Crippen LogP contribution in [-0.2, 0) is 14.6 Å². The van der Waals surface area contributed by atoms with Crippen LogP contribution < -0.4 is 5.32 Å². The Morgan fingerprint density at radius 2 is 1.26 bits per heavy atom. The minimum atomic E-state index is -3.61. The highest BCUT2D eigenvalue weighted by Crippen LogP contribution is 2.30. The van der Waals surface area contributed by atoms with E-state index in [9.17, 15) is 13.2 Å². The van der Waals surface area contributed by atoms with E-state index in [1.165, 1.54) is 7.05 Å². The van der Waals surface area contributed by atoms with Crippen molar-refractivity contribution in [3.63, 3.8) is 0 Å². The lowest BCUT2D eigenvalue weighted by molar-refractivity contribution is -0.118. The van der Waals surface area contributed by atoms with Crippen LogP contribution in [0, 0.1) is 34.6 Å². The highest BCUT2D eigenvalue weighted by Gasteiger charge is 2.25. The lowest BCUT2D eigenvalue weighted by atomic mass is 9.95. The average Bonchev–Trinajstić information content (AvgIpc) is 2.33. The molecule has 0 spiro atoms. The van der Waals surface area contributed by atoms with Gasteiger partial charge in [0.1, 0.15) is 5.75 Å². The largest absolute Gasteiger partial charge is 0.358 e. The van der Waals surface area contributed by atoms with Gasteiger partial charge in [0.25, 0.3) is 0 Å². The van der Waals surface area contributed by atoms with Crippen LogP contribution in [0.1, 0.15) is 27.8 Å². The first-order valence-corrected chi connectivity index (χ1v) is 7.79. The molecule has 0 aliphatic carbocycles. The molecule has 1 N–H and O–H groups in total. The monoisotopic (exact) mass is 283 g/mol. The van der Waals surface area contributed by atoms with E-state index >= 15 is 0 Å².